The van der Waals surface area contributed by atoms with Gasteiger partial charge >= 0.3 is 0 Å². The number of ether oxygens (including phenoxy) is 1. The van der Waals surface area contributed by atoms with E-state index in [1.807, 2.05) is 80.6 Å². The molecule has 2 amide bonds. The quantitative estimate of drug-likeness (QED) is 0.682. The molecule has 0 radical (unpaired) electrons. The molecule has 5 heteroatoms. The molecule has 0 spiro atoms. The van der Waals surface area contributed by atoms with E-state index in [4.69, 9.17) is 4.74 Å². The van der Waals surface area contributed by atoms with Crippen molar-refractivity contribution >= 4 is 23.2 Å². The van der Waals surface area contributed by atoms with Crippen LogP contribution in [0.1, 0.15) is 28.3 Å². The lowest BCUT2D eigenvalue weighted by Crippen LogP contribution is -2.39. The van der Waals surface area contributed by atoms with E-state index in [1.54, 1.807) is 12.0 Å². The number of hydrogen-bond acceptors (Lipinski definition) is 3. The Bertz CT molecular complexity index is 1090. The minimum atomic E-state index is -0.771. The molecule has 0 bridgehead atoms. The second-order valence-electron chi connectivity index (χ2n) is 7.50. The summed E-state index contributed by atoms with van der Waals surface area (Å²) >= 11 is 0. The Morgan fingerprint density at radius 3 is 2.37 bits per heavy atom. The minimum Gasteiger partial charge on any atom is -0.497 e. The smallest absolute Gasteiger partial charge is 0.252 e. The SMILES string of the molecule is COc1ccc2c(c1)CC(=O)N2C(C(=O)Nc1c(C)cccc1C)c1ccccc1. The molecule has 4 rings (SSSR count). The second kappa shape index (κ2) is 8.03. The summed E-state index contributed by atoms with van der Waals surface area (Å²) in [7, 11) is 1.60. The highest BCUT2D eigenvalue weighted by molar-refractivity contribution is 6.09. The fraction of sp³-hybridized carbons (Fsp3) is 0.200. The highest BCUT2D eigenvalue weighted by Gasteiger charge is 2.38. The van der Waals surface area contributed by atoms with Gasteiger partial charge < -0.3 is 10.1 Å². The molecular weight excluding hydrogens is 376 g/mol. The van der Waals surface area contributed by atoms with Gasteiger partial charge in [-0.2, -0.15) is 0 Å². The van der Waals surface area contributed by atoms with Gasteiger partial charge in [0.2, 0.25) is 5.91 Å². The molecule has 1 aliphatic rings. The van der Waals surface area contributed by atoms with Crippen LogP contribution < -0.4 is 15.0 Å². The van der Waals surface area contributed by atoms with E-state index < -0.39 is 6.04 Å². The topological polar surface area (TPSA) is 58.6 Å². The largest absolute Gasteiger partial charge is 0.497 e. The zero-order chi connectivity index (χ0) is 21.3. The number of para-hydroxylation sites is 1. The van der Waals surface area contributed by atoms with Crippen LogP contribution in [0.25, 0.3) is 0 Å². The van der Waals surface area contributed by atoms with E-state index in [-0.39, 0.29) is 18.2 Å². The second-order valence-corrected chi connectivity index (χ2v) is 7.50. The maximum absolute atomic E-state index is 13.6. The van der Waals surface area contributed by atoms with Crippen molar-refractivity contribution in [1.29, 1.82) is 0 Å². The van der Waals surface area contributed by atoms with E-state index in [9.17, 15) is 9.59 Å². The molecule has 1 heterocycles. The van der Waals surface area contributed by atoms with Crippen LogP contribution in [-0.4, -0.2) is 18.9 Å². The van der Waals surface area contributed by atoms with E-state index in [0.717, 1.165) is 33.6 Å². The fourth-order valence-electron chi connectivity index (χ4n) is 3.99. The van der Waals surface area contributed by atoms with Crippen LogP contribution in [0.15, 0.2) is 66.7 Å². The summed E-state index contributed by atoms with van der Waals surface area (Å²) in [6.45, 7) is 3.92. The molecule has 152 valence electrons. The van der Waals surface area contributed by atoms with Gasteiger partial charge in [0.05, 0.1) is 13.5 Å². The van der Waals surface area contributed by atoms with Crippen molar-refractivity contribution < 1.29 is 14.3 Å². The van der Waals surface area contributed by atoms with Gasteiger partial charge in [0.15, 0.2) is 0 Å². The van der Waals surface area contributed by atoms with Crippen molar-refractivity contribution in [2.75, 3.05) is 17.3 Å². The number of hydrogen-bond donors (Lipinski definition) is 1. The molecule has 0 saturated heterocycles. The number of carbonyl (C=O) groups excluding carboxylic acids is 2. The van der Waals surface area contributed by atoms with Gasteiger partial charge in [-0.15, -0.1) is 0 Å². The number of carbonyl (C=O) groups is 2. The summed E-state index contributed by atoms with van der Waals surface area (Å²) in [5, 5.41) is 3.07. The third kappa shape index (κ3) is 3.54. The number of rotatable bonds is 5. The minimum absolute atomic E-state index is 0.108. The number of fused-ring (bicyclic) bond motifs is 1. The van der Waals surface area contributed by atoms with Gasteiger partial charge in [-0.25, -0.2) is 0 Å². The van der Waals surface area contributed by atoms with E-state index in [1.165, 1.54) is 0 Å². The molecule has 5 nitrogen and oxygen atoms in total. The average Bonchev–Trinajstić information content (AvgIpc) is 3.06. The Hall–Kier alpha value is -3.60. The van der Waals surface area contributed by atoms with Crippen LogP contribution in [0.2, 0.25) is 0 Å². The normalized spacial score (nSPS) is 13.7. The number of nitrogens with one attached hydrogen (secondary N) is 1. The van der Waals surface area contributed by atoms with Crippen molar-refractivity contribution in [3.63, 3.8) is 0 Å². The lowest BCUT2D eigenvalue weighted by atomic mass is 10.0. The first kappa shape index (κ1) is 19.7. The molecular formula is C25H24N2O3. The molecule has 1 atom stereocenters. The predicted octanol–water partition coefficient (Wildman–Crippen LogP) is 4.58. The summed E-state index contributed by atoms with van der Waals surface area (Å²) in [5.41, 5.74) is 5.11. The highest BCUT2D eigenvalue weighted by Crippen LogP contribution is 2.38. The van der Waals surface area contributed by atoms with E-state index in [0.29, 0.717) is 5.75 Å². The molecule has 1 N–H and O–H groups in total. The molecule has 0 saturated carbocycles. The van der Waals surface area contributed by atoms with Gasteiger partial charge in [0.1, 0.15) is 11.8 Å². The van der Waals surface area contributed by atoms with Crippen molar-refractivity contribution in [3.8, 4) is 5.75 Å². The first-order valence-electron chi connectivity index (χ1n) is 9.90. The monoisotopic (exact) mass is 400 g/mol. The summed E-state index contributed by atoms with van der Waals surface area (Å²) < 4.78 is 5.30. The van der Waals surface area contributed by atoms with Gasteiger partial charge in [-0.05, 0) is 54.3 Å². The summed E-state index contributed by atoms with van der Waals surface area (Å²) in [5.74, 6) is 0.346. The Kier molecular flexibility index (Phi) is 5.27. The van der Waals surface area contributed by atoms with Gasteiger partial charge in [0, 0.05) is 11.4 Å². The summed E-state index contributed by atoms with van der Waals surface area (Å²) in [4.78, 5) is 28.2. The number of amides is 2. The number of anilines is 2. The highest BCUT2D eigenvalue weighted by atomic mass is 16.5. The van der Waals surface area contributed by atoms with Crippen LogP contribution in [0.3, 0.4) is 0 Å². The van der Waals surface area contributed by atoms with Crippen LogP contribution in [0.4, 0.5) is 11.4 Å². The van der Waals surface area contributed by atoms with E-state index in [2.05, 4.69) is 5.32 Å². The van der Waals surface area contributed by atoms with Crippen molar-refractivity contribution in [3.05, 3.63) is 89.0 Å². The lowest BCUT2D eigenvalue weighted by Gasteiger charge is -2.29. The van der Waals surface area contributed by atoms with Crippen LogP contribution >= 0.6 is 0 Å². The predicted molar refractivity (Wildman–Crippen MR) is 118 cm³/mol. The Morgan fingerprint density at radius 1 is 1.00 bits per heavy atom. The summed E-state index contributed by atoms with van der Waals surface area (Å²) in [6, 6.07) is 20.0. The van der Waals surface area contributed by atoms with Gasteiger partial charge in [0.25, 0.3) is 5.91 Å². The summed E-state index contributed by atoms with van der Waals surface area (Å²) in [6.07, 6.45) is 0.243. The van der Waals surface area contributed by atoms with E-state index >= 15 is 0 Å². The molecule has 0 aliphatic carbocycles. The standard InChI is InChI=1S/C25H24N2O3/c1-16-8-7-9-17(2)23(16)26-25(29)24(18-10-5-4-6-11-18)27-21-13-12-20(30-3)14-19(21)15-22(27)28/h4-14,24H,15H2,1-3H3,(H,26,29). The molecule has 3 aromatic rings. The van der Waals surface area contributed by atoms with Crippen molar-refractivity contribution in [2.24, 2.45) is 0 Å². The molecule has 0 aromatic heterocycles. The number of benzene rings is 3. The maximum atomic E-state index is 13.6. The Morgan fingerprint density at radius 2 is 1.70 bits per heavy atom. The fourth-order valence-corrected chi connectivity index (χ4v) is 3.99. The molecule has 1 aliphatic heterocycles. The molecule has 30 heavy (non-hydrogen) atoms. The van der Waals surface area contributed by atoms with Crippen LogP contribution in [-0.2, 0) is 16.0 Å². The van der Waals surface area contributed by atoms with Crippen LogP contribution in [0, 0.1) is 13.8 Å². The van der Waals surface area contributed by atoms with Crippen molar-refractivity contribution in [1.82, 2.24) is 0 Å². The zero-order valence-corrected chi connectivity index (χ0v) is 17.3. The van der Waals surface area contributed by atoms with Crippen LogP contribution in [0.5, 0.6) is 5.75 Å². The Balaban J connectivity index is 1.77. The first-order chi connectivity index (χ1) is 14.5. The lowest BCUT2D eigenvalue weighted by molar-refractivity contribution is -0.123. The average molecular weight is 400 g/mol. The maximum Gasteiger partial charge on any atom is 0.252 e. The third-order valence-electron chi connectivity index (χ3n) is 5.51. The van der Waals surface area contributed by atoms with Crippen molar-refractivity contribution in [2.45, 2.75) is 26.3 Å². The molecule has 3 aromatic carbocycles. The molecule has 1 unspecified atom stereocenters. The first-order valence-corrected chi connectivity index (χ1v) is 9.90. The third-order valence-corrected chi connectivity index (χ3v) is 5.51. The molecule has 0 fully saturated rings. The Labute approximate surface area is 176 Å². The number of methoxy groups -OCH3 is 1. The van der Waals surface area contributed by atoms with Gasteiger partial charge in [-0.3, -0.25) is 14.5 Å². The van der Waals surface area contributed by atoms with Gasteiger partial charge in [-0.1, -0.05) is 48.5 Å². The zero-order valence-electron chi connectivity index (χ0n) is 17.3. The number of nitrogens with zero attached hydrogens (tertiary/aromatic N) is 1. The number of aryl methyl sites for hydroxylation is 2.